The lowest BCUT2D eigenvalue weighted by Gasteiger charge is -2.63. The molecule has 0 aromatic carbocycles. The predicted octanol–water partition coefficient (Wildman–Crippen LogP) is 3.97. The summed E-state index contributed by atoms with van der Waals surface area (Å²) in [6.07, 6.45) is 9.06. The predicted molar refractivity (Wildman–Crippen MR) is 97.6 cm³/mol. The van der Waals surface area contributed by atoms with Crippen molar-refractivity contribution >= 4 is 5.71 Å². The fourth-order valence-corrected chi connectivity index (χ4v) is 7.94. The Bertz CT molecular complexity index is 577. The van der Waals surface area contributed by atoms with E-state index in [2.05, 4.69) is 19.0 Å². The molecule has 0 aromatic heterocycles. The molecule has 0 heterocycles. The molecule has 3 N–H and O–H groups in total. The molecule has 4 aliphatic carbocycles. The van der Waals surface area contributed by atoms with Gasteiger partial charge in [0.1, 0.15) is 0 Å². The Labute approximate surface area is 151 Å². The van der Waals surface area contributed by atoms with Gasteiger partial charge >= 0.3 is 0 Å². The molecule has 4 nitrogen and oxygen atoms in total. The first kappa shape index (κ1) is 17.8. The fraction of sp³-hybridized carbons (Fsp3) is 0.952. The molecule has 2 unspecified atom stereocenters. The van der Waals surface area contributed by atoms with Crippen molar-refractivity contribution in [1.29, 1.82) is 0 Å². The van der Waals surface area contributed by atoms with Crippen molar-refractivity contribution in [1.82, 2.24) is 0 Å². The van der Waals surface area contributed by atoms with E-state index < -0.39 is 5.60 Å². The van der Waals surface area contributed by atoms with Crippen molar-refractivity contribution in [3.05, 3.63) is 0 Å². The first-order chi connectivity index (χ1) is 11.8. The van der Waals surface area contributed by atoms with E-state index >= 15 is 0 Å². The highest BCUT2D eigenvalue weighted by molar-refractivity contribution is 5.85. The quantitative estimate of drug-likeness (QED) is 0.381. The SMILES string of the molecule is C/C(=N/O)[C@H]1CC[C@@]2(O)[C@@H]3CCC4CC(O)CC[C@]4(C)[C@H]3CC[C@]12C. The van der Waals surface area contributed by atoms with Crippen LogP contribution in [0.5, 0.6) is 0 Å². The van der Waals surface area contributed by atoms with Crippen LogP contribution in [0.2, 0.25) is 0 Å². The number of rotatable bonds is 1. The third-order valence-corrected chi connectivity index (χ3v) is 9.49. The minimum atomic E-state index is -0.628. The Balaban J connectivity index is 1.67. The van der Waals surface area contributed by atoms with E-state index in [9.17, 15) is 15.4 Å². The van der Waals surface area contributed by atoms with Crippen LogP contribution in [0.1, 0.15) is 78.6 Å². The van der Waals surface area contributed by atoms with Crippen LogP contribution >= 0.6 is 0 Å². The molecule has 4 fully saturated rings. The lowest BCUT2D eigenvalue weighted by molar-refractivity contribution is -0.206. The van der Waals surface area contributed by atoms with E-state index in [0.717, 1.165) is 57.1 Å². The number of oxime groups is 1. The fourth-order valence-electron chi connectivity index (χ4n) is 7.94. The van der Waals surface area contributed by atoms with Gasteiger partial charge in [0.2, 0.25) is 0 Å². The molecule has 4 heteroatoms. The minimum Gasteiger partial charge on any atom is -0.411 e. The monoisotopic (exact) mass is 349 g/mol. The molecule has 4 rings (SSSR count). The zero-order valence-electron chi connectivity index (χ0n) is 16.0. The molecule has 0 bridgehead atoms. The maximum Gasteiger partial charge on any atom is 0.0738 e. The second-order valence-corrected chi connectivity index (χ2v) is 10.1. The molecule has 0 saturated heterocycles. The average molecular weight is 350 g/mol. The van der Waals surface area contributed by atoms with E-state index in [1.54, 1.807) is 0 Å². The molecule has 0 aromatic rings. The Morgan fingerprint density at radius 3 is 2.44 bits per heavy atom. The Kier molecular flexibility index (Phi) is 4.05. The van der Waals surface area contributed by atoms with Gasteiger partial charge < -0.3 is 15.4 Å². The molecule has 8 atom stereocenters. The summed E-state index contributed by atoms with van der Waals surface area (Å²) < 4.78 is 0. The summed E-state index contributed by atoms with van der Waals surface area (Å²) in [7, 11) is 0. The summed E-state index contributed by atoms with van der Waals surface area (Å²) in [4.78, 5) is 0. The normalized spacial score (nSPS) is 56.0. The summed E-state index contributed by atoms with van der Waals surface area (Å²) in [6.45, 7) is 6.60. The van der Waals surface area contributed by atoms with Crippen molar-refractivity contribution in [2.75, 3.05) is 0 Å². The standard InChI is InChI=1S/C21H35NO3/c1-13(22-25)16-8-11-21(24)18-5-4-14-12-15(23)6-9-19(14,2)17(18)7-10-20(16,21)3/h14-18,23-25H,4-12H2,1-3H3/b22-13-/t14?,15?,16-,17+,18-,19+,20-,21-/m1/s1. The number of nitrogens with zero attached hydrogens (tertiary/aromatic N) is 1. The van der Waals surface area contributed by atoms with Gasteiger partial charge in [0, 0.05) is 11.3 Å². The highest BCUT2D eigenvalue weighted by Crippen LogP contribution is 2.69. The van der Waals surface area contributed by atoms with Crippen LogP contribution in [-0.2, 0) is 0 Å². The van der Waals surface area contributed by atoms with Crippen molar-refractivity contribution in [3.8, 4) is 0 Å². The van der Waals surface area contributed by atoms with Gasteiger partial charge in [-0.3, -0.25) is 0 Å². The second-order valence-electron chi connectivity index (χ2n) is 10.1. The summed E-state index contributed by atoms with van der Waals surface area (Å²) in [6, 6.07) is 0. The van der Waals surface area contributed by atoms with E-state index in [0.29, 0.717) is 17.8 Å². The molecule has 0 aliphatic heterocycles. The highest BCUT2D eigenvalue weighted by Gasteiger charge is 2.67. The largest absolute Gasteiger partial charge is 0.411 e. The smallest absolute Gasteiger partial charge is 0.0738 e. The lowest BCUT2D eigenvalue weighted by Crippen LogP contribution is -2.62. The van der Waals surface area contributed by atoms with Gasteiger partial charge in [-0.2, -0.15) is 0 Å². The van der Waals surface area contributed by atoms with Crippen LogP contribution in [0, 0.1) is 34.5 Å². The van der Waals surface area contributed by atoms with Gasteiger partial charge in [-0.1, -0.05) is 19.0 Å². The summed E-state index contributed by atoms with van der Waals surface area (Å²) >= 11 is 0. The Morgan fingerprint density at radius 1 is 0.960 bits per heavy atom. The number of hydrogen-bond acceptors (Lipinski definition) is 4. The molecule has 25 heavy (non-hydrogen) atoms. The van der Waals surface area contributed by atoms with E-state index in [1.165, 1.54) is 6.42 Å². The summed E-state index contributed by atoms with van der Waals surface area (Å²) in [5.74, 6) is 1.74. The first-order valence-electron chi connectivity index (χ1n) is 10.4. The molecule has 0 amide bonds. The van der Waals surface area contributed by atoms with E-state index in [1.807, 2.05) is 6.92 Å². The van der Waals surface area contributed by atoms with Crippen molar-refractivity contribution in [3.63, 3.8) is 0 Å². The maximum atomic E-state index is 12.0. The van der Waals surface area contributed by atoms with Gasteiger partial charge in [-0.15, -0.1) is 0 Å². The first-order valence-corrected chi connectivity index (χ1v) is 10.4. The third kappa shape index (κ3) is 2.22. The van der Waals surface area contributed by atoms with Crippen LogP contribution < -0.4 is 0 Å². The summed E-state index contributed by atoms with van der Waals surface area (Å²) in [5.41, 5.74) is 0.271. The molecule has 142 valence electrons. The van der Waals surface area contributed by atoms with Crippen LogP contribution in [0.3, 0.4) is 0 Å². The number of hydrogen-bond donors (Lipinski definition) is 3. The van der Waals surface area contributed by atoms with Gasteiger partial charge in [0.05, 0.1) is 17.4 Å². The van der Waals surface area contributed by atoms with Crippen molar-refractivity contribution in [2.45, 2.75) is 90.3 Å². The average Bonchev–Trinajstić information content (AvgIpc) is 2.86. The van der Waals surface area contributed by atoms with Crippen molar-refractivity contribution in [2.24, 2.45) is 39.7 Å². The molecular weight excluding hydrogens is 314 g/mol. The van der Waals surface area contributed by atoms with E-state index in [4.69, 9.17) is 0 Å². The van der Waals surface area contributed by atoms with Gasteiger partial charge in [-0.25, -0.2) is 0 Å². The van der Waals surface area contributed by atoms with Gasteiger partial charge in [0.15, 0.2) is 0 Å². The molecule has 0 spiro atoms. The van der Waals surface area contributed by atoms with Gasteiger partial charge in [0.25, 0.3) is 0 Å². The summed E-state index contributed by atoms with van der Waals surface area (Å²) in [5, 5.41) is 34.9. The zero-order chi connectivity index (χ0) is 18.0. The maximum absolute atomic E-state index is 12.0. The molecule has 4 saturated carbocycles. The van der Waals surface area contributed by atoms with Crippen LogP contribution in [0.4, 0.5) is 0 Å². The second kappa shape index (κ2) is 5.69. The van der Waals surface area contributed by atoms with Crippen LogP contribution in [0.25, 0.3) is 0 Å². The number of aliphatic hydroxyl groups excluding tert-OH is 1. The van der Waals surface area contributed by atoms with Crippen molar-refractivity contribution < 1.29 is 15.4 Å². The highest BCUT2D eigenvalue weighted by atomic mass is 16.4. The van der Waals surface area contributed by atoms with Crippen LogP contribution in [-0.4, -0.2) is 32.8 Å². The Hall–Kier alpha value is -0.610. The van der Waals surface area contributed by atoms with Crippen LogP contribution in [0.15, 0.2) is 5.16 Å². The minimum absolute atomic E-state index is 0.120. The zero-order valence-corrected chi connectivity index (χ0v) is 16.0. The third-order valence-electron chi connectivity index (χ3n) is 9.49. The Morgan fingerprint density at radius 2 is 1.72 bits per heavy atom. The molecular formula is C21H35NO3. The lowest BCUT2D eigenvalue weighted by atomic mass is 9.43. The van der Waals surface area contributed by atoms with Gasteiger partial charge in [-0.05, 0) is 87.9 Å². The number of aliphatic hydroxyl groups is 2. The van der Waals surface area contributed by atoms with E-state index in [-0.39, 0.29) is 22.9 Å². The molecule has 0 radical (unpaired) electrons. The topological polar surface area (TPSA) is 73.1 Å². The number of fused-ring (bicyclic) bond motifs is 5. The molecule has 4 aliphatic rings.